The molecule has 0 radical (unpaired) electrons. The molecule has 156 valence electrons. The summed E-state index contributed by atoms with van der Waals surface area (Å²) in [6, 6.07) is 16.1. The van der Waals surface area contributed by atoms with Crippen LogP contribution in [-0.2, 0) is 16.1 Å². The zero-order valence-electron chi connectivity index (χ0n) is 17.1. The quantitative estimate of drug-likeness (QED) is 0.582. The lowest BCUT2D eigenvalue weighted by Gasteiger charge is -2.16. The molecule has 0 saturated heterocycles. The minimum atomic E-state index is -0.417. The van der Waals surface area contributed by atoms with Crippen molar-refractivity contribution in [3.63, 3.8) is 0 Å². The number of carbonyl (C=O) groups excluding carboxylic acids is 2. The van der Waals surface area contributed by atoms with Gasteiger partial charge < -0.3 is 10.1 Å². The lowest BCUT2D eigenvalue weighted by atomic mass is 10.0. The smallest absolute Gasteiger partial charge is 0.278 e. The molecule has 1 N–H and O–H groups in total. The Morgan fingerprint density at radius 3 is 2.39 bits per heavy atom. The van der Waals surface area contributed by atoms with Gasteiger partial charge in [0.1, 0.15) is 11.4 Å². The highest BCUT2D eigenvalue weighted by Crippen LogP contribution is 2.35. The predicted molar refractivity (Wildman–Crippen MR) is 120 cm³/mol. The first kappa shape index (κ1) is 20.6. The van der Waals surface area contributed by atoms with Crippen LogP contribution in [-0.4, -0.2) is 28.8 Å². The summed E-state index contributed by atoms with van der Waals surface area (Å²) in [5.41, 5.74) is 3.51. The van der Waals surface area contributed by atoms with Gasteiger partial charge in [-0.1, -0.05) is 41.4 Å². The fourth-order valence-corrected chi connectivity index (χ4v) is 3.58. The van der Waals surface area contributed by atoms with E-state index in [4.69, 9.17) is 16.3 Å². The number of halogens is 1. The van der Waals surface area contributed by atoms with Crippen molar-refractivity contribution in [2.75, 3.05) is 12.4 Å². The van der Waals surface area contributed by atoms with E-state index in [1.165, 1.54) is 12.0 Å². The standard InChI is InChI=1S/C24H20ClN3O3/c1-15-3-5-17(6-4-15)21-22(27-19-13-18(25)7-8-20(19)31-2)24(30)28(23(21)29)14-16-9-11-26-12-10-16/h3-13,27H,14H2,1-2H3. The number of nitrogens with zero attached hydrogens (tertiary/aromatic N) is 2. The molecule has 7 heteroatoms. The molecule has 4 rings (SSSR count). The number of hydrogen-bond donors (Lipinski definition) is 1. The second-order valence-electron chi connectivity index (χ2n) is 7.14. The Morgan fingerprint density at radius 2 is 1.71 bits per heavy atom. The van der Waals surface area contributed by atoms with Crippen LogP contribution in [0.5, 0.6) is 5.75 Å². The number of pyridine rings is 1. The fraction of sp³-hybridized carbons (Fsp3) is 0.125. The Bertz CT molecular complexity index is 1170. The summed E-state index contributed by atoms with van der Waals surface area (Å²) in [5.74, 6) is -0.276. The molecule has 3 aromatic rings. The van der Waals surface area contributed by atoms with Gasteiger partial charge in [-0.05, 0) is 48.4 Å². The summed E-state index contributed by atoms with van der Waals surface area (Å²) in [7, 11) is 1.53. The lowest BCUT2D eigenvalue weighted by Crippen LogP contribution is -2.32. The first-order valence-electron chi connectivity index (χ1n) is 9.65. The van der Waals surface area contributed by atoms with Crippen molar-refractivity contribution in [1.82, 2.24) is 9.88 Å². The van der Waals surface area contributed by atoms with E-state index < -0.39 is 5.91 Å². The monoisotopic (exact) mass is 433 g/mol. The molecular formula is C24H20ClN3O3. The molecule has 0 aliphatic carbocycles. The Balaban J connectivity index is 1.78. The maximum absolute atomic E-state index is 13.4. The first-order chi connectivity index (χ1) is 15.0. The number of imide groups is 1. The number of ether oxygens (including phenoxy) is 1. The number of benzene rings is 2. The largest absolute Gasteiger partial charge is 0.495 e. The highest BCUT2D eigenvalue weighted by Gasteiger charge is 2.39. The van der Waals surface area contributed by atoms with E-state index in [-0.39, 0.29) is 18.1 Å². The van der Waals surface area contributed by atoms with Gasteiger partial charge in [0.15, 0.2) is 0 Å². The second kappa shape index (κ2) is 8.62. The maximum Gasteiger partial charge on any atom is 0.278 e. The van der Waals surface area contributed by atoms with Crippen LogP contribution in [0, 0.1) is 6.92 Å². The summed E-state index contributed by atoms with van der Waals surface area (Å²) in [5, 5.41) is 3.58. The maximum atomic E-state index is 13.4. The van der Waals surface area contributed by atoms with E-state index in [2.05, 4.69) is 10.3 Å². The van der Waals surface area contributed by atoms with Gasteiger partial charge >= 0.3 is 0 Å². The van der Waals surface area contributed by atoms with Gasteiger partial charge in [-0.15, -0.1) is 0 Å². The van der Waals surface area contributed by atoms with Gasteiger partial charge in [-0.3, -0.25) is 19.5 Å². The minimum Gasteiger partial charge on any atom is -0.495 e. The van der Waals surface area contributed by atoms with Crippen LogP contribution in [0.25, 0.3) is 5.57 Å². The van der Waals surface area contributed by atoms with Crippen LogP contribution in [0.4, 0.5) is 5.69 Å². The molecule has 2 heterocycles. The third-order valence-corrected chi connectivity index (χ3v) is 5.25. The number of anilines is 1. The van der Waals surface area contributed by atoms with Gasteiger partial charge in [0, 0.05) is 17.4 Å². The van der Waals surface area contributed by atoms with Crippen LogP contribution >= 0.6 is 11.6 Å². The second-order valence-corrected chi connectivity index (χ2v) is 7.57. The molecule has 2 amide bonds. The van der Waals surface area contributed by atoms with Crippen molar-refractivity contribution in [3.05, 3.63) is 94.4 Å². The molecular weight excluding hydrogens is 414 g/mol. The van der Waals surface area contributed by atoms with Gasteiger partial charge in [-0.25, -0.2) is 0 Å². The number of nitrogens with one attached hydrogen (secondary N) is 1. The van der Waals surface area contributed by atoms with E-state index in [1.54, 1.807) is 42.7 Å². The van der Waals surface area contributed by atoms with Crippen LogP contribution in [0.1, 0.15) is 16.7 Å². The Morgan fingerprint density at radius 1 is 1.00 bits per heavy atom. The average molecular weight is 434 g/mol. The summed E-state index contributed by atoms with van der Waals surface area (Å²) in [6.45, 7) is 2.11. The van der Waals surface area contributed by atoms with Crippen LogP contribution in [0.3, 0.4) is 0 Å². The molecule has 1 aliphatic rings. The summed E-state index contributed by atoms with van der Waals surface area (Å²) in [6.07, 6.45) is 3.26. The molecule has 0 unspecified atom stereocenters. The molecule has 0 bridgehead atoms. The van der Waals surface area contributed by atoms with Gasteiger partial charge in [0.25, 0.3) is 11.8 Å². The number of aryl methyl sites for hydroxylation is 1. The molecule has 2 aromatic carbocycles. The van der Waals surface area contributed by atoms with E-state index >= 15 is 0 Å². The molecule has 1 aliphatic heterocycles. The van der Waals surface area contributed by atoms with E-state index in [1.807, 2.05) is 31.2 Å². The topological polar surface area (TPSA) is 71.5 Å². The van der Waals surface area contributed by atoms with Gasteiger partial charge in [0.2, 0.25) is 0 Å². The summed E-state index contributed by atoms with van der Waals surface area (Å²) < 4.78 is 5.39. The van der Waals surface area contributed by atoms with Gasteiger partial charge in [-0.2, -0.15) is 0 Å². The average Bonchev–Trinajstić information content (AvgIpc) is 3.00. The van der Waals surface area contributed by atoms with E-state index in [0.29, 0.717) is 27.6 Å². The fourth-order valence-electron chi connectivity index (χ4n) is 3.41. The van der Waals surface area contributed by atoms with Crippen LogP contribution < -0.4 is 10.1 Å². The lowest BCUT2D eigenvalue weighted by molar-refractivity contribution is -0.137. The summed E-state index contributed by atoms with van der Waals surface area (Å²) >= 11 is 6.15. The normalized spacial score (nSPS) is 13.7. The third-order valence-electron chi connectivity index (χ3n) is 5.02. The molecule has 0 fully saturated rings. The Kier molecular flexibility index (Phi) is 5.73. The third kappa shape index (κ3) is 4.15. The molecule has 0 atom stereocenters. The zero-order valence-corrected chi connectivity index (χ0v) is 17.8. The van der Waals surface area contributed by atoms with Crippen molar-refractivity contribution in [1.29, 1.82) is 0 Å². The molecule has 1 aromatic heterocycles. The highest BCUT2D eigenvalue weighted by atomic mass is 35.5. The number of hydrogen-bond acceptors (Lipinski definition) is 5. The van der Waals surface area contributed by atoms with Crippen molar-refractivity contribution in [2.45, 2.75) is 13.5 Å². The Labute approximate surface area is 185 Å². The Hall–Kier alpha value is -3.64. The zero-order chi connectivity index (χ0) is 22.0. The van der Waals surface area contributed by atoms with Crippen molar-refractivity contribution in [3.8, 4) is 5.75 Å². The van der Waals surface area contributed by atoms with Crippen molar-refractivity contribution < 1.29 is 14.3 Å². The SMILES string of the molecule is COc1ccc(Cl)cc1NC1=C(c2ccc(C)cc2)C(=O)N(Cc2ccncc2)C1=O. The predicted octanol–water partition coefficient (Wildman–Crippen LogP) is 4.44. The van der Waals surface area contributed by atoms with Gasteiger partial charge in [0.05, 0.1) is 24.9 Å². The molecule has 0 saturated carbocycles. The number of methoxy groups -OCH3 is 1. The minimum absolute atomic E-state index is 0.146. The van der Waals surface area contributed by atoms with E-state index in [0.717, 1.165) is 11.1 Å². The number of carbonyl (C=O) groups is 2. The van der Waals surface area contributed by atoms with E-state index in [9.17, 15) is 9.59 Å². The number of rotatable bonds is 6. The molecule has 0 spiro atoms. The number of aromatic nitrogens is 1. The molecule has 31 heavy (non-hydrogen) atoms. The number of amides is 2. The van der Waals surface area contributed by atoms with Crippen LogP contribution in [0.2, 0.25) is 5.02 Å². The first-order valence-corrected chi connectivity index (χ1v) is 10.0. The molecule has 6 nitrogen and oxygen atoms in total. The highest BCUT2D eigenvalue weighted by molar-refractivity contribution is 6.36. The van der Waals surface area contributed by atoms with Crippen LogP contribution in [0.15, 0.2) is 72.7 Å². The van der Waals surface area contributed by atoms with Crippen molar-refractivity contribution >= 4 is 34.7 Å². The van der Waals surface area contributed by atoms with Crippen molar-refractivity contribution in [2.24, 2.45) is 0 Å². The summed E-state index contributed by atoms with van der Waals surface area (Å²) in [4.78, 5) is 31.9.